The molecule has 4 aliphatic heterocycles. The van der Waals surface area contributed by atoms with Crippen molar-refractivity contribution in [2.45, 2.75) is 121 Å². The van der Waals surface area contributed by atoms with E-state index in [-0.39, 0.29) is 17.7 Å². The number of piperidine rings is 4. The first-order chi connectivity index (χ1) is 44.4. The Hall–Kier alpha value is -7.34. The van der Waals surface area contributed by atoms with Crippen LogP contribution in [0.25, 0.3) is 0 Å². The normalized spacial score (nSPS) is 16.3. The number of hydrogen-bond acceptors (Lipinski definition) is 17. The Bertz CT molecular complexity index is 3350. The zero-order valence-electron chi connectivity index (χ0n) is 52.6. The predicted molar refractivity (Wildman–Crippen MR) is 371 cm³/mol. The van der Waals surface area contributed by atoms with Crippen molar-refractivity contribution >= 4 is 89.7 Å². The molecule has 0 bridgehead atoms. The number of amides is 4. The van der Waals surface area contributed by atoms with Crippen molar-refractivity contribution in [3.8, 4) is 0 Å². The predicted octanol–water partition coefficient (Wildman–Crippen LogP) is 14.7. The molecule has 8 aromatic rings. The number of carbonyl (C=O) groups is 4. The van der Waals surface area contributed by atoms with Gasteiger partial charge < -0.3 is 15.4 Å². The summed E-state index contributed by atoms with van der Waals surface area (Å²) in [6, 6.07) is 43.2. The molecule has 0 saturated carbocycles. The van der Waals surface area contributed by atoms with Crippen molar-refractivity contribution in [3.63, 3.8) is 0 Å². The molecule has 0 unspecified atom stereocenters. The van der Waals surface area contributed by atoms with Crippen LogP contribution in [0, 0.1) is 0 Å². The summed E-state index contributed by atoms with van der Waals surface area (Å²) in [7, 11) is 1.35. The molecule has 0 spiro atoms. The van der Waals surface area contributed by atoms with Crippen LogP contribution in [0.2, 0.25) is 0 Å². The molecule has 0 atom stereocenters. The van der Waals surface area contributed by atoms with E-state index in [2.05, 4.69) is 193 Å². The number of thiazole rings is 4. The number of methoxy groups -OCH3 is 1. The fourth-order valence-corrected chi connectivity index (χ4v) is 15.4. The number of carbonyl (C=O) groups excluding carboxylic acids is 4. The molecule has 4 saturated heterocycles. The minimum Gasteiger partial charge on any atom is -0.453 e. The van der Waals surface area contributed by atoms with Gasteiger partial charge in [0, 0.05) is 83.8 Å². The Morgan fingerprint density at radius 2 is 0.725 bits per heavy atom. The van der Waals surface area contributed by atoms with Crippen LogP contribution < -0.4 is 21.3 Å². The van der Waals surface area contributed by atoms with E-state index in [0.717, 1.165) is 83.4 Å². The molecule has 91 heavy (non-hydrogen) atoms. The number of nitrogens with zero attached hydrogens (tertiary/aromatic N) is 8. The Kier molecular flexibility index (Phi) is 27.0. The second-order valence-corrected chi connectivity index (χ2v) is 27.7. The molecule has 4 fully saturated rings. The molecule has 4 amide bonds. The lowest BCUT2D eigenvalue weighted by atomic mass is 9.89. The topological polar surface area (TPSA) is 190 Å². The summed E-state index contributed by atoms with van der Waals surface area (Å²) >= 11 is 6.19. The quantitative estimate of drug-likeness (QED) is 0.0594. The van der Waals surface area contributed by atoms with Crippen LogP contribution in [0.5, 0.6) is 0 Å². The van der Waals surface area contributed by atoms with Gasteiger partial charge in [0.25, 0.3) is 0 Å². The van der Waals surface area contributed by atoms with Gasteiger partial charge in [0.1, 0.15) is 0 Å². The molecule has 4 aromatic carbocycles. The average Bonchev–Trinajstić information content (AvgIpc) is 4.32. The summed E-state index contributed by atoms with van der Waals surface area (Å²) in [5.41, 5.74) is 5.84. The van der Waals surface area contributed by atoms with E-state index in [9.17, 15) is 19.2 Å². The van der Waals surface area contributed by atoms with Crippen LogP contribution in [0.3, 0.4) is 0 Å². The summed E-state index contributed by atoms with van der Waals surface area (Å²) in [4.78, 5) is 76.5. The standard InChI is InChI=1S/C18H23N3OS.C18H21N3OS.C17H21N3O2S.C17H21N3OS/c2*1-2-17(22)20-18-19-12-16(23-18)13-21-10-8-15(9-11-21)14-6-4-3-5-7-14;1-22-17(21)19-16-18-11-15(23-16)12-20-9-7-14(8-10-20)13-5-3-2-4-6-13;1-13(21)19-17-18-11-16(22-17)12-20-9-7-15(8-10-20)14-5-3-2-4-6-14/h3-7,12,15H,2,8-11,13H2,1H3,(H,19,20,22);2-7,12,15H,1,8-11,13H2,(H,19,20,22);2-6,11,14H,7-10,12H2,1H3,(H,18,19,21);2-6,11,15H,7-10,12H2,1H3,(H,18,19,21). The van der Waals surface area contributed by atoms with Gasteiger partial charge in [0.05, 0.1) is 7.11 Å². The number of anilines is 4. The van der Waals surface area contributed by atoms with Gasteiger partial charge in [0.15, 0.2) is 20.5 Å². The summed E-state index contributed by atoms with van der Waals surface area (Å²) in [6.07, 6.45) is 18.3. The molecule has 4 aliphatic rings. The van der Waals surface area contributed by atoms with Gasteiger partial charge in [0.2, 0.25) is 17.7 Å². The summed E-state index contributed by atoms with van der Waals surface area (Å²) in [6.45, 7) is 19.3. The summed E-state index contributed by atoms with van der Waals surface area (Å²) in [5, 5.41) is 13.5. The maximum atomic E-state index is 11.4. The molecule has 4 aromatic heterocycles. The van der Waals surface area contributed by atoms with E-state index in [0.29, 0.717) is 50.6 Å². The number of benzene rings is 4. The largest absolute Gasteiger partial charge is 0.453 e. The number of hydrogen-bond donors (Lipinski definition) is 4. The maximum absolute atomic E-state index is 11.4. The van der Waals surface area contributed by atoms with Gasteiger partial charge in [-0.15, -0.1) is 45.3 Å². The SMILES string of the molecule is C=CC(=O)Nc1ncc(CN2CCC(c3ccccc3)CC2)s1.CC(=O)Nc1ncc(CN2CCC(c3ccccc3)CC2)s1.CCC(=O)Nc1ncc(CN2CCC(c3ccccc3)CC2)s1.COC(=O)Nc1ncc(CN2CCC(c3ccccc3)CC2)s1. The van der Waals surface area contributed by atoms with E-state index in [1.54, 1.807) is 22.7 Å². The van der Waals surface area contributed by atoms with Gasteiger partial charge in [-0.3, -0.25) is 44.6 Å². The smallest absolute Gasteiger partial charge is 0.413 e. The summed E-state index contributed by atoms with van der Waals surface area (Å²) in [5.74, 6) is 2.47. The van der Waals surface area contributed by atoms with Gasteiger partial charge in [-0.25, -0.2) is 24.7 Å². The molecular formula is C70H86N12O5S4. The van der Waals surface area contributed by atoms with Crippen molar-refractivity contribution in [3.05, 3.63) is 201 Å². The van der Waals surface area contributed by atoms with Crippen LogP contribution in [0.4, 0.5) is 25.3 Å². The van der Waals surface area contributed by atoms with Crippen molar-refractivity contribution in [1.82, 2.24) is 39.5 Å². The minimum atomic E-state index is -0.477. The van der Waals surface area contributed by atoms with Crippen LogP contribution in [-0.4, -0.2) is 123 Å². The Morgan fingerprint density at radius 3 is 0.989 bits per heavy atom. The molecule has 17 nitrogen and oxygen atoms in total. The number of ether oxygens (including phenoxy) is 1. The monoisotopic (exact) mass is 1300 g/mol. The molecule has 0 aliphatic carbocycles. The maximum Gasteiger partial charge on any atom is 0.413 e. The van der Waals surface area contributed by atoms with E-state index in [1.165, 1.54) is 131 Å². The first-order valence-electron chi connectivity index (χ1n) is 31.7. The third-order valence-corrected chi connectivity index (χ3v) is 20.4. The Morgan fingerprint density at radius 1 is 0.451 bits per heavy atom. The second kappa shape index (κ2) is 36.0. The van der Waals surface area contributed by atoms with Crippen molar-refractivity contribution in [2.75, 3.05) is 80.7 Å². The van der Waals surface area contributed by atoms with Crippen LogP contribution in [0.15, 0.2) is 159 Å². The lowest BCUT2D eigenvalue weighted by Crippen LogP contribution is -2.32. The minimum absolute atomic E-state index is 0.0228. The van der Waals surface area contributed by atoms with E-state index >= 15 is 0 Å². The zero-order chi connectivity index (χ0) is 63.6. The Balaban J connectivity index is 0.000000144. The van der Waals surface area contributed by atoms with Crippen molar-refractivity contribution in [2.24, 2.45) is 0 Å². The molecule has 480 valence electrons. The lowest BCUT2D eigenvalue weighted by molar-refractivity contribution is -0.116. The van der Waals surface area contributed by atoms with Gasteiger partial charge >= 0.3 is 6.09 Å². The number of likely N-dealkylation sites (tertiary alicyclic amines) is 4. The highest BCUT2D eigenvalue weighted by atomic mass is 32.1. The van der Waals surface area contributed by atoms with Crippen molar-refractivity contribution < 1.29 is 23.9 Å². The van der Waals surface area contributed by atoms with Crippen LogP contribution in [0.1, 0.15) is 137 Å². The molecule has 4 N–H and O–H groups in total. The van der Waals surface area contributed by atoms with Crippen molar-refractivity contribution in [1.29, 1.82) is 0 Å². The molecular weight excluding hydrogens is 1220 g/mol. The fourth-order valence-electron chi connectivity index (χ4n) is 11.9. The van der Waals surface area contributed by atoms with Crippen LogP contribution in [-0.2, 0) is 45.3 Å². The molecule has 12 rings (SSSR count). The second-order valence-electron chi connectivity index (χ2n) is 23.3. The third kappa shape index (κ3) is 22.5. The summed E-state index contributed by atoms with van der Waals surface area (Å²) < 4.78 is 4.57. The highest BCUT2D eigenvalue weighted by molar-refractivity contribution is 7.16. The highest BCUT2D eigenvalue weighted by Crippen LogP contribution is 2.34. The van der Waals surface area contributed by atoms with Crippen LogP contribution >= 0.6 is 45.3 Å². The van der Waals surface area contributed by atoms with E-state index < -0.39 is 6.09 Å². The highest BCUT2D eigenvalue weighted by Gasteiger charge is 2.25. The van der Waals surface area contributed by atoms with Gasteiger partial charge in [-0.1, -0.05) is 135 Å². The molecule has 0 radical (unpaired) electrons. The van der Waals surface area contributed by atoms with Gasteiger partial charge in [-0.2, -0.15) is 0 Å². The fraction of sp³-hybridized carbons (Fsp3) is 0.400. The first-order valence-corrected chi connectivity index (χ1v) is 34.9. The average molecular weight is 1300 g/mol. The zero-order valence-corrected chi connectivity index (χ0v) is 55.8. The van der Waals surface area contributed by atoms with Gasteiger partial charge in [-0.05, 0) is 156 Å². The number of nitrogens with one attached hydrogen (secondary N) is 4. The Labute approximate surface area is 552 Å². The third-order valence-electron chi connectivity index (χ3n) is 16.8. The van der Waals surface area contributed by atoms with E-state index in [1.807, 2.05) is 31.7 Å². The lowest BCUT2D eigenvalue weighted by Gasteiger charge is -2.31. The number of rotatable bonds is 18. The first kappa shape index (κ1) is 68.0. The van der Waals surface area contributed by atoms with E-state index in [4.69, 9.17) is 0 Å². The number of aromatic nitrogens is 4. The molecule has 8 heterocycles. The molecule has 21 heteroatoms.